The average Bonchev–Trinajstić information content (AvgIpc) is 2.49. The Bertz CT molecular complexity index is 394. The Morgan fingerprint density at radius 3 is 2.60 bits per heavy atom. The minimum absolute atomic E-state index is 0.211. The molecule has 1 fully saturated rings. The van der Waals surface area contributed by atoms with E-state index in [0.717, 1.165) is 18.8 Å². The molecule has 0 saturated heterocycles. The first-order valence-corrected chi connectivity index (χ1v) is 7.91. The second-order valence-corrected chi connectivity index (χ2v) is 5.74. The van der Waals surface area contributed by atoms with E-state index in [1.807, 2.05) is 24.3 Å². The van der Waals surface area contributed by atoms with Crippen molar-refractivity contribution < 1.29 is 9.84 Å². The number of nitrogens with zero attached hydrogens (tertiary/aromatic N) is 1. The van der Waals surface area contributed by atoms with Gasteiger partial charge in [-0.25, -0.2) is 0 Å². The second-order valence-electron chi connectivity index (χ2n) is 5.33. The molecule has 4 heteroatoms. The Balaban J connectivity index is 1.81. The Morgan fingerprint density at radius 2 is 1.90 bits per heavy atom. The molecule has 0 radical (unpaired) electrons. The molecule has 2 rings (SSSR count). The first-order valence-electron chi connectivity index (χ1n) is 7.53. The Labute approximate surface area is 126 Å². The molecule has 20 heavy (non-hydrogen) atoms. The fourth-order valence-corrected chi connectivity index (χ4v) is 3.08. The average molecular weight is 298 g/mol. The first-order chi connectivity index (χ1) is 9.81. The van der Waals surface area contributed by atoms with Crippen LogP contribution in [0.15, 0.2) is 24.3 Å². The molecule has 0 aromatic heterocycles. The summed E-state index contributed by atoms with van der Waals surface area (Å²) in [5, 5.41) is 9.88. The van der Waals surface area contributed by atoms with Crippen molar-refractivity contribution in [3.05, 3.63) is 29.3 Å². The van der Waals surface area contributed by atoms with Gasteiger partial charge in [-0.15, -0.1) is 0 Å². The topological polar surface area (TPSA) is 32.7 Å². The lowest BCUT2D eigenvalue weighted by molar-refractivity contribution is 0.106. The van der Waals surface area contributed by atoms with Gasteiger partial charge in [0.1, 0.15) is 12.4 Å². The van der Waals surface area contributed by atoms with Gasteiger partial charge in [0.05, 0.1) is 11.6 Å². The molecule has 1 N–H and O–H groups in total. The number of halogens is 1. The van der Waals surface area contributed by atoms with Crippen LogP contribution in [0.5, 0.6) is 5.75 Å². The number of aliphatic hydroxyl groups excluding tert-OH is 1. The molecule has 0 spiro atoms. The smallest absolute Gasteiger partial charge is 0.137 e. The molecule has 0 atom stereocenters. The van der Waals surface area contributed by atoms with Gasteiger partial charge in [0.2, 0.25) is 0 Å². The van der Waals surface area contributed by atoms with E-state index in [9.17, 15) is 5.11 Å². The van der Waals surface area contributed by atoms with Crippen LogP contribution in [0.25, 0.3) is 0 Å². The van der Waals surface area contributed by atoms with Gasteiger partial charge in [-0.2, -0.15) is 0 Å². The van der Waals surface area contributed by atoms with Crippen LogP contribution in [-0.2, 0) is 0 Å². The van der Waals surface area contributed by atoms with Crippen LogP contribution in [0, 0.1) is 0 Å². The summed E-state index contributed by atoms with van der Waals surface area (Å²) in [6.45, 7) is 2.40. The predicted octanol–water partition coefficient (Wildman–Crippen LogP) is 3.35. The molecule has 0 amide bonds. The normalized spacial score (nSPS) is 16.6. The minimum Gasteiger partial charge on any atom is -0.491 e. The highest BCUT2D eigenvalue weighted by molar-refractivity contribution is 6.32. The van der Waals surface area contributed by atoms with E-state index in [1.54, 1.807) is 0 Å². The maximum Gasteiger partial charge on any atom is 0.137 e. The van der Waals surface area contributed by atoms with Gasteiger partial charge in [-0.1, -0.05) is 43.0 Å². The number of aliphatic hydroxyl groups is 1. The maximum atomic E-state index is 9.22. The highest BCUT2D eigenvalue weighted by Crippen LogP contribution is 2.24. The zero-order valence-electron chi connectivity index (χ0n) is 11.9. The molecule has 112 valence electrons. The monoisotopic (exact) mass is 297 g/mol. The lowest BCUT2D eigenvalue weighted by Crippen LogP contribution is -2.41. The molecule has 0 unspecified atom stereocenters. The van der Waals surface area contributed by atoms with Crippen molar-refractivity contribution in [3.8, 4) is 5.75 Å². The zero-order valence-corrected chi connectivity index (χ0v) is 12.7. The molecule has 1 aromatic rings. The molecule has 3 nitrogen and oxygen atoms in total. The van der Waals surface area contributed by atoms with Crippen molar-refractivity contribution in [2.24, 2.45) is 0 Å². The molecule has 1 aliphatic rings. The molecular weight excluding hydrogens is 274 g/mol. The third kappa shape index (κ3) is 4.65. The number of ether oxygens (including phenoxy) is 1. The summed E-state index contributed by atoms with van der Waals surface area (Å²) in [5.74, 6) is 0.738. The van der Waals surface area contributed by atoms with Gasteiger partial charge in [-0.05, 0) is 25.0 Å². The van der Waals surface area contributed by atoms with Crippen molar-refractivity contribution in [1.82, 2.24) is 4.90 Å². The molecule has 0 aliphatic heterocycles. The number of hydrogen-bond acceptors (Lipinski definition) is 3. The van der Waals surface area contributed by atoms with Crippen LogP contribution >= 0.6 is 11.6 Å². The van der Waals surface area contributed by atoms with E-state index < -0.39 is 0 Å². The number of hydrogen-bond donors (Lipinski definition) is 1. The number of rotatable bonds is 7. The lowest BCUT2D eigenvalue weighted by Gasteiger charge is -2.33. The fraction of sp³-hybridized carbons (Fsp3) is 0.625. The molecule has 1 saturated carbocycles. The van der Waals surface area contributed by atoms with Crippen LogP contribution in [0.1, 0.15) is 32.1 Å². The van der Waals surface area contributed by atoms with E-state index >= 15 is 0 Å². The van der Waals surface area contributed by atoms with Crippen LogP contribution in [0.4, 0.5) is 0 Å². The molecule has 1 aliphatic carbocycles. The van der Waals surface area contributed by atoms with Crippen LogP contribution in [0.2, 0.25) is 5.02 Å². The van der Waals surface area contributed by atoms with Gasteiger partial charge < -0.3 is 9.84 Å². The van der Waals surface area contributed by atoms with Gasteiger partial charge in [0.25, 0.3) is 0 Å². The fourth-order valence-electron chi connectivity index (χ4n) is 2.89. The van der Waals surface area contributed by atoms with Crippen LogP contribution in [0.3, 0.4) is 0 Å². The van der Waals surface area contributed by atoms with E-state index in [4.69, 9.17) is 16.3 Å². The Morgan fingerprint density at radius 1 is 1.15 bits per heavy atom. The predicted molar refractivity (Wildman–Crippen MR) is 82.5 cm³/mol. The summed E-state index contributed by atoms with van der Waals surface area (Å²) in [6.07, 6.45) is 6.44. The van der Waals surface area contributed by atoms with Crippen molar-refractivity contribution in [3.63, 3.8) is 0 Å². The van der Waals surface area contributed by atoms with Gasteiger partial charge in [0, 0.05) is 19.1 Å². The van der Waals surface area contributed by atoms with Crippen molar-refractivity contribution >= 4 is 11.6 Å². The summed E-state index contributed by atoms with van der Waals surface area (Å²) in [5.41, 5.74) is 0. The van der Waals surface area contributed by atoms with Crippen molar-refractivity contribution in [2.45, 2.75) is 38.1 Å². The maximum absolute atomic E-state index is 9.22. The highest BCUT2D eigenvalue weighted by atomic mass is 35.5. The SMILES string of the molecule is OCCN(CCOc1ccccc1Cl)C1CCCCC1. The number of benzene rings is 1. The Kier molecular flexibility index (Phi) is 6.64. The van der Waals surface area contributed by atoms with Crippen LogP contribution < -0.4 is 4.74 Å². The lowest BCUT2D eigenvalue weighted by atomic mass is 9.94. The van der Waals surface area contributed by atoms with Crippen molar-refractivity contribution in [2.75, 3.05) is 26.3 Å². The summed E-state index contributed by atoms with van der Waals surface area (Å²) < 4.78 is 5.75. The third-order valence-electron chi connectivity index (χ3n) is 3.95. The summed E-state index contributed by atoms with van der Waals surface area (Å²) in [6, 6.07) is 8.15. The molecular formula is C16H24ClNO2. The zero-order chi connectivity index (χ0) is 14.2. The number of para-hydroxylation sites is 1. The highest BCUT2D eigenvalue weighted by Gasteiger charge is 2.20. The van der Waals surface area contributed by atoms with E-state index in [1.165, 1.54) is 32.1 Å². The summed E-state index contributed by atoms with van der Waals surface area (Å²) in [4.78, 5) is 2.36. The van der Waals surface area contributed by atoms with E-state index in [0.29, 0.717) is 17.7 Å². The van der Waals surface area contributed by atoms with Crippen LogP contribution in [-0.4, -0.2) is 42.4 Å². The van der Waals surface area contributed by atoms with Gasteiger partial charge in [-0.3, -0.25) is 4.90 Å². The minimum atomic E-state index is 0.211. The summed E-state index contributed by atoms with van der Waals surface area (Å²) >= 11 is 6.07. The molecule has 1 aromatic carbocycles. The Hall–Kier alpha value is -0.770. The van der Waals surface area contributed by atoms with Crippen molar-refractivity contribution in [1.29, 1.82) is 0 Å². The van der Waals surface area contributed by atoms with Gasteiger partial charge >= 0.3 is 0 Å². The summed E-state index contributed by atoms with van der Waals surface area (Å²) in [7, 11) is 0. The van der Waals surface area contributed by atoms with E-state index in [2.05, 4.69) is 4.90 Å². The second kappa shape index (κ2) is 8.50. The standard InChI is InChI=1S/C16H24ClNO2/c17-15-8-4-5-9-16(15)20-13-11-18(10-12-19)14-6-2-1-3-7-14/h4-5,8-9,14,19H,1-3,6-7,10-13H2. The quantitative estimate of drug-likeness (QED) is 0.838. The molecule has 0 bridgehead atoms. The first kappa shape index (κ1) is 15.6. The largest absolute Gasteiger partial charge is 0.491 e. The van der Waals surface area contributed by atoms with E-state index in [-0.39, 0.29) is 6.61 Å². The third-order valence-corrected chi connectivity index (χ3v) is 4.26. The van der Waals surface area contributed by atoms with Gasteiger partial charge in [0.15, 0.2) is 0 Å². The molecule has 0 heterocycles.